The lowest BCUT2D eigenvalue weighted by molar-refractivity contribution is -0.128. The van der Waals surface area contributed by atoms with Gasteiger partial charge in [-0.15, -0.1) is 0 Å². The molecule has 0 saturated heterocycles. The van der Waals surface area contributed by atoms with Crippen LogP contribution in [0.1, 0.15) is 5.56 Å². The van der Waals surface area contributed by atoms with Gasteiger partial charge in [0.1, 0.15) is 5.75 Å². The Balaban J connectivity index is 1.53. The highest BCUT2D eigenvalue weighted by atomic mass is 16.5. The van der Waals surface area contributed by atoms with Crippen molar-refractivity contribution in [2.45, 2.75) is 6.42 Å². The number of carbonyl (C=O) groups excluding carboxylic acids is 2. The summed E-state index contributed by atoms with van der Waals surface area (Å²) in [5.41, 5.74) is 1.57. The third kappa shape index (κ3) is 5.07. The van der Waals surface area contributed by atoms with Gasteiger partial charge >= 0.3 is 0 Å². The Morgan fingerprint density at radius 3 is 2.33 bits per heavy atom. The standard InChI is InChI=1S/C22H22N2O3/c1-24(2)22(26)13-16-7-10-19(11-8-16)23-21(25)15-27-20-12-9-17-5-3-4-6-18(17)14-20/h3-12,14H,13,15H2,1-2H3,(H,23,25). The maximum Gasteiger partial charge on any atom is 0.262 e. The summed E-state index contributed by atoms with van der Waals surface area (Å²) in [6, 6.07) is 21.0. The maximum atomic E-state index is 12.1. The first-order valence-electron chi connectivity index (χ1n) is 8.72. The van der Waals surface area contributed by atoms with Gasteiger partial charge in [0.25, 0.3) is 5.91 Å². The van der Waals surface area contributed by atoms with Crippen molar-refractivity contribution < 1.29 is 14.3 Å². The molecule has 0 bridgehead atoms. The first-order chi connectivity index (χ1) is 13.0. The monoisotopic (exact) mass is 362 g/mol. The molecule has 0 aliphatic heterocycles. The Morgan fingerprint density at radius 1 is 0.926 bits per heavy atom. The minimum Gasteiger partial charge on any atom is -0.484 e. The quantitative estimate of drug-likeness (QED) is 0.730. The molecule has 0 aromatic heterocycles. The highest BCUT2D eigenvalue weighted by molar-refractivity contribution is 5.92. The van der Waals surface area contributed by atoms with Crippen molar-refractivity contribution in [3.05, 3.63) is 72.3 Å². The van der Waals surface area contributed by atoms with Crippen LogP contribution in [0.5, 0.6) is 5.75 Å². The van der Waals surface area contributed by atoms with Gasteiger partial charge in [0.05, 0.1) is 6.42 Å². The molecule has 0 aliphatic carbocycles. The fraction of sp³-hybridized carbons (Fsp3) is 0.182. The largest absolute Gasteiger partial charge is 0.484 e. The Morgan fingerprint density at radius 2 is 1.63 bits per heavy atom. The number of carbonyl (C=O) groups is 2. The molecule has 1 N–H and O–H groups in total. The number of nitrogens with one attached hydrogen (secondary N) is 1. The van der Waals surface area contributed by atoms with E-state index in [1.807, 2.05) is 54.6 Å². The minimum absolute atomic E-state index is 0.0376. The molecular weight excluding hydrogens is 340 g/mol. The number of anilines is 1. The van der Waals surface area contributed by atoms with E-state index in [1.165, 1.54) is 0 Å². The van der Waals surface area contributed by atoms with Crippen LogP contribution in [0.15, 0.2) is 66.7 Å². The molecule has 138 valence electrons. The second-order valence-electron chi connectivity index (χ2n) is 6.51. The summed E-state index contributed by atoms with van der Waals surface area (Å²) in [6.45, 7) is -0.0702. The SMILES string of the molecule is CN(C)C(=O)Cc1ccc(NC(=O)COc2ccc3ccccc3c2)cc1. The number of fused-ring (bicyclic) bond motifs is 1. The molecule has 0 unspecified atom stereocenters. The van der Waals surface area contributed by atoms with Crippen LogP contribution in [0.25, 0.3) is 10.8 Å². The highest BCUT2D eigenvalue weighted by Crippen LogP contribution is 2.20. The summed E-state index contributed by atoms with van der Waals surface area (Å²) in [6.07, 6.45) is 0.340. The molecule has 0 aliphatic rings. The Hall–Kier alpha value is -3.34. The summed E-state index contributed by atoms with van der Waals surface area (Å²) in [5, 5.41) is 4.99. The van der Waals surface area contributed by atoms with Gasteiger partial charge in [0.2, 0.25) is 5.91 Å². The normalized spacial score (nSPS) is 10.4. The van der Waals surface area contributed by atoms with Crippen LogP contribution < -0.4 is 10.1 Å². The van der Waals surface area contributed by atoms with Crippen LogP contribution in [0.3, 0.4) is 0 Å². The van der Waals surface area contributed by atoms with E-state index >= 15 is 0 Å². The second-order valence-corrected chi connectivity index (χ2v) is 6.51. The number of hydrogen-bond donors (Lipinski definition) is 1. The van der Waals surface area contributed by atoms with Crippen LogP contribution in [0, 0.1) is 0 Å². The summed E-state index contributed by atoms with van der Waals surface area (Å²) in [5.74, 6) is 0.456. The number of benzene rings is 3. The molecule has 0 radical (unpaired) electrons. The number of nitrogens with zero attached hydrogens (tertiary/aromatic N) is 1. The van der Waals surface area contributed by atoms with Crippen molar-refractivity contribution >= 4 is 28.3 Å². The van der Waals surface area contributed by atoms with Crippen molar-refractivity contribution in [1.29, 1.82) is 0 Å². The van der Waals surface area contributed by atoms with Gasteiger partial charge in [0, 0.05) is 19.8 Å². The van der Waals surface area contributed by atoms with Crippen molar-refractivity contribution in [3.63, 3.8) is 0 Å². The van der Waals surface area contributed by atoms with Crippen LogP contribution >= 0.6 is 0 Å². The van der Waals surface area contributed by atoms with E-state index in [0.717, 1.165) is 16.3 Å². The summed E-state index contributed by atoms with van der Waals surface area (Å²) in [4.78, 5) is 25.4. The van der Waals surface area contributed by atoms with Gasteiger partial charge in [-0.2, -0.15) is 0 Å². The number of ether oxygens (including phenoxy) is 1. The molecule has 0 heterocycles. The van der Waals surface area contributed by atoms with Crippen molar-refractivity contribution in [2.75, 3.05) is 26.0 Å². The van der Waals surface area contributed by atoms with E-state index in [4.69, 9.17) is 4.74 Å². The van der Waals surface area contributed by atoms with E-state index < -0.39 is 0 Å². The van der Waals surface area contributed by atoms with Gasteiger partial charge in [-0.25, -0.2) is 0 Å². The number of likely N-dealkylation sites (N-methyl/N-ethyl adjacent to an activating group) is 1. The van der Waals surface area contributed by atoms with Gasteiger partial charge in [-0.05, 0) is 40.6 Å². The van der Waals surface area contributed by atoms with Gasteiger partial charge in [-0.3, -0.25) is 9.59 Å². The molecule has 5 nitrogen and oxygen atoms in total. The maximum absolute atomic E-state index is 12.1. The predicted molar refractivity (Wildman–Crippen MR) is 107 cm³/mol. The lowest BCUT2D eigenvalue weighted by atomic mass is 10.1. The van der Waals surface area contributed by atoms with Crippen molar-refractivity contribution in [2.24, 2.45) is 0 Å². The van der Waals surface area contributed by atoms with Crippen LogP contribution in [-0.2, 0) is 16.0 Å². The Kier molecular flexibility index (Phi) is 5.71. The van der Waals surface area contributed by atoms with Crippen LogP contribution in [0.2, 0.25) is 0 Å². The minimum atomic E-state index is -0.236. The average Bonchev–Trinajstić information content (AvgIpc) is 2.67. The first kappa shape index (κ1) is 18.5. The lowest BCUT2D eigenvalue weighted by Gasteiger charge is -2.11. The lowest BCUT2D eigenvalue weighted by Crippen LogP contribution is -2.23. The molecule has 3 aromatic rings. The number of rotatable bonds is 6. The molecule has 0 spiro atoms. The zero-order valence-corrected chi connectivity index (χ0v) is 15.4. The van der Waals surface area contributed by atoms with E-state index in [9.17, 15) is 9.59 Å². The molecule has 2 amide bonds. The Bertz CT molecular complexity index is 949. The second kappa shape index (κ2) is 8.36. The molecule has 3 aromatic carbocycles. The molecule has 3 rings (SSSR count). The fourth-order valence-electron chi connectivity index (χ4n) is 2.64. The zero-order valence-electron chi connectivity index (χ0n) is 15.4. The fourth-order valence-corrected chi connectivity index (χ4v) is 2.64. The van der Waals surface area contributed by atoms with Crippen molar-refractivity contribution in [1.82, 2.24) is 4.90 Å². The Labute approximate surface area is 158 Å². The van der Waals surface area contributed by atoms with E-state index in [2.05, 4.69) is 5.32 Å². The summed E-state index contributed by atoms with van der Waals surface area (Å²) >= 11 is 0. The average molecular weight is 362 g/mol. The first-order valence-corrected chi connectivity index (χ1v) is 8.72. The molecule has 0 saturated carbocycles. The predicted octanol–water partition coefficient (Wildman–Crippen LogP) is 3.49. The van der Waals surface area contributed by atoms with Gasteiger partial charge in [0.15, 0.2) is 6.61 Å². The topological polar surface area (TPSA) is 58.6 Å². The number of amides is 2. The van der Waals surface area contributed by atoms with Crippen molar-refractivity contribution in [3.8, 4) is 5.75 Å². The molecule has 0 fully saturated rings. The molecule has 27 heavy (non-hydrogen) atoms. The smallest absolute Gasteiger partial charge is 0.262 e. The summed E-state index contributed by atoms with van der Waals surface area (Å²) in [7, 11) is 3.46. The van der Waals surface area contributed by atoms with Gasteiger partial charge < -0.3 is 15.0 Å². The third-order valence-corrected chi connectivity index (χ3v) is 4.18. The highest BCUT2D eigenvalue weighted by Gasteiger charge is 2.07. The summed E-state index contributed by atoms with van der Waals surface area (Å²) < 4.78 is 5.59. The van der Waals surface area contributed by atoms with Crippen LogP contribution in [-0.4, -0.2) is 37.4 Å². The van der Waals surface area contributed by atoms with E-state index in [0.29, 0.717) is 17.9 Å². The third-order valence-electron chi connectivity index (χ3n) is 4.18. The van der Waals surface area contributed by atoms with Crippen LogP contribution in [0.4, 0.5) is 5.69 Å². The molecule has 0 atom stereocenters. The van der Waals surface area contributed by atoms with E-state index in [1.54, 1.807) is 31.1 Å². The molecule has 5 heteroatoms. The van der Waals surface area contributed by atoms with Gasteiger partial charge in [-0.1, -0.05) is 42.5 Å². The zero-order chi connectivity index (χ0) is 19.2. The van der Waals surface area contributed by atoms with E-state index in [-0.39, 0.29) is 18.4 Å². The molecular formula is C22H22N2O3. The number of hydrogen-bond acceptors (Lipinski definition) is 3.